The lowest BCUT2D eigenvalue weighted by Crippen LogP contribution is -2.42. The molecule has 0 saturated carbocycles. The number of carbonyl (C=O) groups is 1. The number of aromatic nitrogens is 2. The maximum atomic E-state index is 13.0. The summed E-state index contributed by atoms with van der Waals surface area (Å²) in [5.41, 5.74) is 5.87. The number of piperidine rings is 1. The average molecular weight is 427 g/mol. The van der Waals surface area contributed by atoms with Crippen LogP contribution in [0.5, 0.6) is 0 Å². The molecule has 32 heavy (non-hydrogen) atoms. The van der Waals surface area contributed by atoms with Crippen molar-refractivity contribution in [3.05, 3.63) is 77.4 Å². The van der Waals surface area contributed by atoms with Crippen LogP contribution in [0.2, 0.25) is 0 Å². The first kappa shape index (κ1) is 20.7. The molecule has 164 valence electrons. The topological polar surface area (TPSA) is 58.1 Å². The van der Waals surface area contributed by atoms with E-state index in [9.17, 15) is 4.79 Å². The number of benzene rings is 2. The Balaban J connectivity index is 1.18. The van der Waals surface area contributed by atoms with Crippen molar-refractivity contribution in [2.24, 2.45) is 5.92 Å². The fraction of sp³-hybridized carbons (Fsp3) is 0.370. The lowest BCUT2D eigenvalue weighted by atomic mass is 9.87. The average Bonchev–Trinajstić information content (AvgIpc) is 2.84. The summed E-state index contributed by atoms with van der Waals surface area (Å²) >= 11 is 0. The summed E-state index contributed by atoms with van der Waals surface area (Å²) in [7, 11) is 0. The van der Waals surface area contributed by atoms with E-state index in [0.717, 1.165) is 62.3 Å². The number of anilines is 1. The molecule has 2 aliphatic rings. The van der Waals surface area contributed by atoms with E-state index in [1.165, 1.54) is 16.7 Å². The van der Waals surface area contributed by atoms with Gasteiger partial charge in [0.15, 0.2) is 5.82 Å². The van der Waals surface area contributed by atoms with Gasteiger partial charge in [-0.1, -0.05) is 48.0 Å². The predicted molar refractivity (Wildman–Crippen MR) is 127 cm³/mol. The van der Waals surface area contributed by atoms with Crippen molar-refractivity contribution in [3.8, 4) is 11.3 Å². The molecule has 1 aromatic heterocycles. The minimum Gasteiger partial charge on any atom is -0.355 e. The number of hydrogen-bond donors (Lipinski definition) is 1. The van der Waals surface area contributed by atoms with Gasteiger partial charge in [0, 0.05) is 24.6 Å². The standard InChI is InChI=1S/C27H30N4O/c1-19-6-4-9-22(18-19)24-12-13-26(30-29-24)31-16-14-21(15-17-31)27(32)28-25-11-5-8-20-7-2-3-10-23(20)25/h2-4,6-7,9-10,12-13,18,21,25H,5,8,11,14-17H2,1H3,(H,28,32)/t25-/m0/s1. The minimum atomic E-state index is 0.0693. The summed E-state index contributed by atoms with van der Waals surface area (Å²) in [5, 5.41) is 12.3. The highest BCUT2D eigenvalue weighted by molar-refractivity contribution is 5.79. The van der Waals surface area contributed by atoms with E-state index in [2.05, 4.69) is 69.8 Å². The van der Waals surface area contributed by atoms with Crippen molar-refractivity contribution in [1.29, 1.82) is 0 Å². The van der Waals surface area contributed by atoms with Crippen LogP contribution >= 0.6 is 0 Å². The number of hydrogen-bond acceptors (Lipinski definition) is 4. The van der Waals surface area contributed by atoms with E-state index in [4.69, 9.17) is 0 Å². The van der Waals surface area contributed by atoms with E-state index in [0.29, 0.717) is 0 Å². The summed E-state index contributed by atoms with van der Waals surface area (Å²) < 4.78 is 0. The smallest absolute Gasteiger partial charge is 0.223 e. The van der Waals surface area contributed by atoms with Crippen LogP contribution in [0, 0.1) is 12.8 Å². The lowest BCUT2D eigenvalue weighted by Gasteiger charge is -2.33. The molecular formula is C27H30N4O. The second kappa shape index (κ2) is 9.11. The maximum Gasteiger partial charge on any atom is 0.223 e. The number of nitrogens with zero attached hydrogens (tertiary/aromatic N) is 3. The van der Waals surface area contributed by atoms with Crippen LogP contribution in [-0.4, -0.2) is 29.2 Å². The summed E-state index contributed by atoms with van der Waals surface area (Å²) in [4.78, 5) is 15.2. The van der Waals surface area contributed by atoms with Crippen molar-refractivity contribution < 1.29 is 4.79 Å². The molecule has 0 bridgehead atoms. The highest BCUT2D eigenvalue weighted by Crippen LogP contribution is 2.31. The van der Waals surface area contributed by atoms with Crippen molar-refractivity contribution in [1.82, 2.24) is 15.5 Å². The van der Waals surface area contributed by atoms with Crippen LogP contribution in [0.1, 0.15) is 48.4 Å². The normalized spacial score (nSPS) is 18.8. The van der Waals surface area contributed by atoms with Gasteiger partial charge in [0.1, 0.15) is 0 Å². The summed E-state index contributed by atoms with van der Waals surface area (Å²) in [6, 6.07) is 21.1. The predicted octanol–water partition coefficient (Wildman–Crippen LogP) is 4.86. The molecule has 5 rings (SSSR count). The molecule has 1 aliphatic carbocycles. The van der Waals surface area contributed by atoms with Gasteiger partial charge in [-0.05, 0) is 68.4 Å². The second-order valence-corrected chi connectivity index (χ2v) is 9.06. The molecule has 2 heterocycles. The highest BCUT2D eigenvalue weighted by Gasteiger charge is 2.29. The molecule has 0 spiro atoms. The molecule has 1 amide bonds. The molecule has 1 N–H and O–H groups in total. The zero-order chi connectivity index (χ0) is 21.9. The summed E-state index contributed by atoms with van der Waals surface area (Å²) in [6.45, 7) is 3.74. The quantitative estimate of drug-likeness (QED) is 0.647. The Morgan fingerprint density at radius 1 is 0.969 bits per heavy atom. The van der Waals surface area contributed by atoms with Gasteiger partial charge < -0.3 is 10.2 Å². The lowest BCUT2D eigenvalue weighted by molar-refractivity contribution is -0.126. The Hall–Kier alpha value is -3.21. The first-order valence-electron chi connectivity index (χ1n) is 11.7. The molecule has 1 fully saturated rings. The van der Waals surface area contributed by atoms with Gasteiger partial charge in [0.2, 0.25) is 5.91 Å². The van der Waals surface area contributed by atoms with Gasteiger partial charge in [-0.3, -0.25) is 4.79 Å². The van der Waals surface area contributed by atoms with Gasteiger partial charge in [-0.15, -0.1) is 10.2 Å². The molecule has 5 nitrogen and oxygen atoms in total. The van der Waals surface area contributed by atoms with E-state index in [-0.39, 0.29) is 17.9 Å². The van der Waals surface area contributed by atoms with Crippen LogP contribution in [-0.2, 0) is 11.2 Å². The van der Waals surface area contributed by atoms with E-state index >= 15 is 0 Å². The third-order valence-electron chi connectivity index (χ3n) is 6.84. The summed E-state index contributed by atoms with van der Waals surface area (Å²) in [6.07, 6.45) is 4.98. The van der Waals surface area contributed by atoms with Crippen LogP contribution in [0.4, 0.5) is 5.82 Å². The number of aryl methyl sites for hydroxylation is 2. The van der Waals surface area contributed by atoms with Crippen molar-refractivity contribution in [3.63, 3.8) is 0 Å². The fourth-order valence-electron chi connectivity index (χ4n) is 5.02. The van der Waals surface area contributed by atoms with Crippen LogP contribution in [0.15, 0.2) is 60.7 Å². The third-order valence-corrected chi connectivity index (χ3v) is 6.84. The molecule has 1 aliphatic heterocycles. The number of nitrogens with one attached hydrogen (secondary N) is 1. The maximum absolute atomic E-state index is 13.0. The number of amides is 1. The molecule has 0 unspecified atom stereocenters. The molecule has 2 aromatic carbocycles. The molecule has 1 atom stereocenters. The number of carbonyl (C=O) groups excluding carboxylic acids is 1. The van der Waals surface area contributed by atoms with Crippen LogP contribution in [0.25, 0.3) is 11.3 Å². The third kappa shape index (κ3) is 4.38. The first-order chi connectivity index (χ1) is 15.7. The molecule has 0 radical (unpaired) electrons. The zero-order valence-electron chi connectivity index (χ0n) is 18.6. The van der Waals surface area contributed by atoms with Crippen molar-refractivity contribution in [2.45, 2.75) is 45.1 Å². The van der Waals surface area contributed by atoms with Crippen LogP contribution in [0.3, 0.4) is 0 Å². The van der Waals surface area contributed by atoms with E-state index in [1.807, 2.05) is 18.2 Å². The van der Waals surface area contributed by atoms with E-state index < -0.39 is 0 Å². The molecule has 3 aromatic rings. The highest BCUT2D eigenvalue weighted by atomic mass is 16.1. The molecule has 1 saturated heterocycles. The Bertz CT molecular complexity index is 1090. The first-order valence-corrected chi connectivity index (χ1v) is 11.7. The number of fused-ring (bicyclic) bond motifs is 1. The van der Waals surface area contributed by atoms with Gasteiger partial charge in [0.05, 0.1) is 11.7 Å². The Kier molecular flexibility index (Phi) is 5.89. The van der Waals surface area contributed by atoms with Crippen molar-refractivity contribution in [2.75, 3.05) is 18.0 Å². The van der Waals surface area contributed by atoms with Gasteiger partial charge in [-0.2, -0.15) is 0 Å². The Labute approximate surface area is 189 Å². The number of rotatable bonds is 4. The SMILES string of the molecule is Cc1cccc(-c2ccc(N3CCC(C(=O)N[C@H]4CCCc5ccccc54)CC3)nn2)c1. The Morgan fingerprint density at radius 2 is 1.81 bits per heavy atom. The summed E-state index contributed by atoms with van der Waals surface area (Å²) in [5.74, 6) is 1.16. The van der Waals surface area contributed by atoms with Gasteiger partial charge in [0.25, 0.3) is 0 Å². The van der Waals surface area contributed by atoms with Gasteiger partial charge in [-0.25, -0.2) is 0 Å². The Morgan fingerprint density at radius 3 is 2.59 bits per heavy atom. The van der Waals surface area contributed by atoms with Crippen LogP contribution < -0.4 is 10.2 Å². The monoisotopic (exact) mass is 426 g/mol. The van der Waals surface area contributed by atoms with E-state index in [1.54, 1.807) is 0 Å². The van der Waals surface area contributed by atoms with Gasteiger partial charge >= 0.3 is 0 Å². The minimum absolute atomic E-state index is 0.0693. The largest absolute Gasteiger partial charge is 0.355 e. The van der Waals surface area contributed by atoms with Crippen molar-refractivity contribution >= 4 is 11.7 Å². The zero-order valence-corrected chi connectivity index (χ0v) is 18.6. The fourth-order valence-corrected chi connectivity index (χ4v) is 5.02. The second-order valence-electron chi connectivity index (χ2n) is 9.06. The molecular weight excluding hydrogens is 396 g/mol. The molecule has 5 heteroatoms.